The van der Waals surface area contributed by atoms with Crippen LogP contribution in [0.25, 0.3) is 6.08 Å². The smallest absolute Gasteiger partial charge is 0.123 e. The topological polar surface area (TPSA) is 23.5 Å². The lowest BCUT2D eigenvalue weighted by molar-refractivity contribution is 0.423. The summed E-state index contributed by atoms with van der Waals surface area (Å²) in [6.07, 6.45) is 3.42. The Morgan fingerprint density at radius 3 is 2.00 bits per heavy atom. The first-order chi connectivity index (χ1) is 10.5. The molecule has 0 radical (unpaired) electrons. The highest BCUT2D eigenvalue weighted by molar-refractivity contribution is 8.01. The number of hydrogen-bond donors (Lipinski definition) is 1. The molecule has 0 aromatic heterocycles. The zero-order valence-corrected chi connectivity index (χ0v) is 16.5. The number of phenols is 1. The van der Waals surface area contributed by atoms with Gasteiger partial charge in [-0.25, -0.2) is 4.31 Å². The van der Waals surface area contributed by atoms with Gasteiger partial charge in [0.15, 0.2) is 0 Å². The molecule has 1 aromatic carbocycles. The van der Waals surface area contributed by atoms with Gasteiger partial charge in [0.1, 0.15) is 5.75 Å². The average Bonchev–Trinajstić information content (AvgIpc) is 2.85. The van der Waals surface area contributed by atoms with Gasteiger partial charge in [0.25, 0.3) is 0 Å². The molecule has 1 fully saturated rings. The van der Waals surface area contributed by atoms with Crippen LogP contribution >= 0.6 is 11.9 Å². The lowest BCUT2D eigenvalue weighted by Gasteiger charge is -2.28. The molecule has 1 saturated heterocycles. The van der Waals surface area contributed by atoms with Gasteiger partial charge in [-0.1, -0.05) is 48.5 Å². The van der Waals surface area contributed by atoms with E-state index in [1.54, 1.807) is 0 Å². The molecule has 2 nitrogen and oxygen atoms in total. The number of nitrogens with zero attached hydrogens (tertiary/aromatic N) is 1. The van der Waals surface area contributed by atoms with E-state index in [0.717, 1.165) is 30.6 Å². The van der Waals surface area contributed by atoms with Crippen molar-refractivity contribution in [1.29, 1.82) is 0 Å². The molecular weight excluding hydrogens is 302 g/mol. The molecule has 0 atom stereocenters. The third-order valence-electron chi connectivity index (χ3n) is 4.28. The normalized spacial score (nSPS) is 18.8. The summed E-state index contributed by atoms with van der Waals surface area (Å²) in [5, 5.41) is 10.8. The molecule has 1 aromatic rings. The highest BCUT2D eigenvalue weighted by Gasteiger charge is 2.26. The highest BCUT2D eigenvalue weighted by Crippen LogP contribution is 2.41. The molecule has 0 saturated carbocycles. The van der Waals surface area contributed by atoms with E-state index in [0.29, 0.717) is 5.75 Å². The number of rotatable bonds is 2. The average molecular weight is 334 g/mol. The van der Waals surface area contributed by atoms with Crippen LogP contribution in [0.5, 0.6) is 5.75 Å². The van der Waals surface area contributed by atoms with Crippen molar-refractivity contribution in [3.8, 4) is 5.75 Å². The SMILES string of the molecule is CCN1CC/C(=C\c2cc(C(C)(C)C)c(O)c(C(C)(C)C)c2)S1. The fraction of sp³-hybridized carbons (Fsp3) is 0.600. The summed E-state index contributed by atoms with van der Waals surface area (Å²) in [6, 6.07) is 4.32. The van der Waals surface area contributed by atoms with Crippen molar-refractivity contribution in [2.24, 2.45) is 0 Å². The summed E-state index contributed by atoms with van der Waals surface area (Å²) in [6.45, 7) is 17.4. The summed E-state index contributed by atoms with van der Waals surface area (Å²) >= 11 is 1.87. The van der Waals surface area contributed by atoms with E-state index in [2.05, 4.69) is 71.0 Å². The maximum absolute atomic E-state index is 10.8. The fourth-order valence-corrected chi connectivity index (χ4v) is 3.90. The number of hydrogen-bond acceptors (Lipinski definition) is 3. The van der Waals surface area contributed by atoms with E-state index in [1.807, 2.05) is 11.9 Å². The standard InChI is InChI=1S/C20H31NOS/c1-8-21-10-9-15(23-21)11-14-12-16(19(2,3)4)18(22)17(13-14)20(5,6)7/h11-13,22H,8-10H2,1-7H3/b15-11+. The minimum absolute atomic E-state index is 0.0725. The van der Waals surface area contributed by atoms with Crippen LogP contribution in [0.3, 0.4) is 0 Å². The van der Waals surface area contributed by atoms with Crippen molar-refractivity contribution in [2.75, 3.05) is 13.1 Å². The van der Waals surface area contributed by atoms with Gasteiger partial charge < -0.3 is 5.11 Å². The van der Waals surface area contributed by atoms with Crippen molar-refractivity contribution < 1.29 is 5.11 Å². The van der Waals surface area contributed by atoms with E-state index >= 15 is 0 Å². The number of aromatic hydroxyl groups is 1. The van der Waals surface area contributed by atoms with Crippen molar-refractivity contribution in [2.45, 2.75) is 65.7 Å². The first-order valence-electron chi connectivity index (χ1n) is 8.54. The van der Waals surface area contributed by atoms with Crippen LogP contribution in [-0.4, -0.2) is 22.5 Å². The van der Waals surface area contributed by atoms with Gasteiger partial charge in [0.2, 0.25) is 0 Å². The molecule has 0 bridgehead atoms. The molecule has 0 aliphatic carbocycles. The first-order valence-corrected chi connectivity index (χ1v) is 9.31. The van der Waals surface area contributed by atoms with E-state index in [-0.39, 0.29) is 10.8 Å². The summed E-state index contributed by atoms with van der Waals surface area (Å²) in [7, 11) is 0. The zero-order valence-electron chi connectivity index (χ0n) is 15.7. The number of benzene rings is 1. The van der Waals surface area contributed by atoms with Crippen LogP contribution in [-0.2, 0) is 10.8 Å². The molecule has 2 rings (SSSR count). The van der Waals surface area contributed by atoms with Gasteiger partial charge >= 0.3 is 0 Å². The number of phenolic OH excluding ortho intramolecular Hbond substituents is 1. The van der Waals surface area contributed by atoms with Crippen molar-refractivity contribution in [3.05, 3.63) is 33.7 Å². The van der Waals surface area contributed by atoms with Crippen molar-refractivity contribution >= 4 is 18.0 Å². The van der Waals surface area contributed by atoms with Crippen LogP contribution in [0.2, 0.25) is 0 Å². The predicted octanol–water partition coefficient (Wildman–Crippen LogP) is 5.70. The Labute approximate surface area is 146 Å². The van der Waals surface area contributed by atoms with Gasteiger partial charge in [-0.3, -0.25) is 0 Å². The molecule has 0 unspecified atom stereocenters. The molecule has 1 aliphatic heterocycles. The zero-order chi connectivity index (χ0) is 17.4. The van der Waals surface area contributed by atoms with Gasteiger partial charge in [-0.05, 0) is 53.0 Å². The van der Waals surface area contributed by atoms with Crippen molar-refractivity contribution in [3.63, 3.8) is 0 Å². The van der Waals surface area contributed by atoms with Crippen LogP contribution < -0.4 is 0 Å². The summed E-state index contributed by atoms with van der Waals surface area (Å²) < 4.78 is 2.39. The lowest BCUT2D eigenvalue weighted by Crippen LogP contribution is -2.17. The van der Waals surface area contributed by atoms with Crippen LogP contribution in [0.15, 0.2) is 17.0 Å². The Morgan fingerprint density at radius 2 is 1.61 bits per heavy atom. The molecule has 0 spiro atoms. The van der Waals surface area contributed by atoms with E-state index < -0.39 is 0 Å². The van der Waals surface area contributed by atoms with E-state index in [9.17, 15) is 5.11 Å². The Bertz CT molecular complexity index is 570. The molecule has 128 valence electrons. The Hall–Kier alpha value is -0.930. The highest BCUT2D eigenvalue weighted by atomic mass is 32.2. The van der Waals surface area contributed by atoms with Gasteiger partial charge in [-0.2, -0.15) is 0 Å². The fourth-order valence-electron chi connectivity index (χ4n) is 2.88. The van der Waals surface area contributed by atoms with E-state index in [1.165, 1.54) is 10.5 Å². The quantitative estimate of drug-likeness (QED) is 0.702. The molecule has 23 heavy (non-hydrogen) atoms. The van der Waals surface area contributed by atoms with Gasteiger partial charge in [0, 0.05) is 29.1 Å². The van der Waals surface area contributed by atoms with Crippen LogP contribution in [0, 0.1) is 0 Å². The third kappa shape index (κ3) is 4.33. The maximum atomic E-state index is 10.8. The van der Waals surface area contributed by atoms with Gasteiger partial charge in [0.05, 0.1) is 0 Å². The lowest BCUT2D eigenvalue weighted by atomic mass is 9.78. The monoisotopic (exact) mass is 333 g/mol. The van der Waals surface area contributed by atoms with Crippen LogP contribution in [0.4, 0.5) is 0 Å². The minimum atomic E-state index is -0.0725. The minimum Gasteiger partial charge on any atom is -0.507 e. The first kappa shape index (κ1) is 18.4. The largest absolute Gasteiger partial charge is 0.507 e. The predicted molar refractivity (Wildman–Crippen MR) is 103 cm³/mol. The van der Waals surface area contributed by atoms with Crippen LogP contribution in [0.1, 0.15) is 71.6 Å². The van der Waals surface area contributed by atoms with Crippen molar-refractivity contribution in [1.82, 2.24) is 4.31 Å². The second kappa shape index (κ2) is 6.52. The summed E-state index contributed by atoms with van der Waals surface area (Å²) in [5.74, 6) is 0.460. The molecule has 0 amide bonds. The van der Waals surface area contributed by atoms with Gasteiger partial charge in [-0.15, -0.1) is 0 Å². The third-order valence-corrected chi connectivity index (χ3v) is 5.54. The molecular formula is C20H31NOS. The summed E-state index contributed by atoms with van der Waals surface area (Å²) in [4.78, 5) is 1.41. The Balaban J connectivity index is 2.51. The Morgan fingerprint density at radius 1 is 1.09 bits per heavy atom. The maximum Gasteiger partial charge on any atom is 0.123 e. The molecule has 1 aliphatic rings. The molecule has 3 heteroatoms. The summed E-state index contributed by atoms with van der Waals surface area (Å²) in [5.41, 5.74) is 3.13. The van der Waals surface area contributed by atoms with E-state index in [4.69, 9.17) is 0 Å². The second-order valence-electron chi connectivity index (χ2n) is 8.44. The molecule has 1 heterocycles. The second-order valence-corrected chi connectivity index (χ2v) is 9.66. The Kier molecular flexibility index (Phi) is 5.22. The molecule has 1 N–H and O–H groups in total.